The molecule has 1 aromatic carbocycles. The topological polar surface area (TPSA) is 59.9 Å². The third-order valence-corrected chi connectivity index (χ3v) is 4.71. The molecule has 1 aliphatic heterocycles. The fourth-order valence-electron chi connectivity index (χ4n) is 3.23. The van der Waals surface area contributed by atoms with Gasteiger partial charge in [0.25, 0.3) is 0 Å². The standard InChI is InChI=1S/C18H24N4O2/c1-4-21-7-9-22(10-8-21)17-14-11-13(20(2)3)5-6-16(14)19-12-15(17)18(23)24/h5-6,11-12H,4,7-10H2,1-3H3,(H,23,24). The molecule has 1 aliphatic rings. The summed E-state index contributed by atoms with van der Waals surface area (Å²) < 4.78 is 0. The fraction of sp³-hybridized carbons (Fsp3) is 0.444. The van der Waals surface area contributed by atoms with Gasteiger partial charge in [-0.1, -0.05) is 6.92 Å². The molecule has 0 amide bonds. The highest BCUT2D eigenvalue weighted by molar-refractivity contribution is 6.05. The average molecular weight is 328 g/mol. The summed E-state index contributed by atoms with van der Waals surface area (Å²) in [5, 5.41) is 10.6. The van der Waals surface area contributed by atoms with E-state index in [0.29, 0.717) is 0 Å². The van der Waals surface area contributed by atoms with Crippen LogP contribution in [0.1, 0.15) is 17.3 Å². The summed E-state index contributed by atoms with van der Waals surface area (Å²) in [6, 6.07) is 6.01. The maximum Gasteiger partial charge on any atom is 0.339 e. The Morgan fingerprint density at radius 2 is 1.96 bits per heavy atom. The molecule has 1 saturated heterocycles. The molecular weight excluding hydrogens is 304 g/mol. The van der Waals surface area contributed by atoms with Gasteiger partial charge in [-0.15, -0.1) is 0 Å². The summed E-state index contributed by atoms with van der Waals surface area (Å²) in [5.41, 5.74) is 2.95. The lowest BCUT2D eigenvalue weighted by atomic mass is 10.1. The van der Waals surface area contributed by atoms with Crippen molar-refractivity contribution in [1.29, 1.82) is 0 Å². The van der Waals surface area contributed by atoms with Crippen LogP contribution in [-0.4, -0.2) is 67.8 Å². The molecule has 0 radical (unpaired) electrons. The molecule has 6 nitrogen and oxygen atoms in total. The number of piperazine rings is 1. The van der Waals surface area contributed by atoms with E-state index in [-0.39, 0.29) is 5.56 Å². The molecule has 0 atom stereocenters. The molecule has 1 fully saturated rings. The molecule has 0 unspecified atom stereocenters. The van der Waals surface area contributed by atoms with Crippen LogP contribution in [0.5, 0.6) is 0 Å². The van der Waals surface area contributed by atoms with Crippen LogP contribution >= 0.6 is 0 Å². The number of carboxylic acids is 1. The number of aromatic nitrogens is 1. The van der Waals surface area contributed by atoms with Crippen LogP contribution in [0.3, 0.4) is 0 Å². The van der Waals surface area contributed by atoms with Crippen molar-refractivity contribution in [2.45, 2.75) is 6.92 Å². The van der Waals surface area contributed by atoms with E-state index in [9.17, 15) is 9.90 Å². The Morgan fingerprint density at radius 3 is 2.54 bits per heavy atom. The highest BCUT2D eigenvalue weighted by atomic mass is 16.4. The number of rotatable bonds is 4. The Hall–Kier alpha value is -2.34. The first-order chi connectivity index (χ1) is 11.5. The number of fused-ring (bicyclic) bond motifs is 1. The molecule has 0 bridgehead atoms. The van der Waals surface area contributed by atoms with Crippen molar-refractivity contribution in [1.82, 2.24) is 9.88 Å². The van der Waals surface area contributed by atoms with Gasteiger partial charge in [0, 0.05) is 57.5 Å². The molecule has 0 saturated carbocycles. The molecule has 1 N–H and O–H groups in total. The monoisotopic (exact) mass is 328 g/mol. The Labute approximate surface area is 142 Å². The number of likely N-dealkylation sites (N-methyl/N-ethyl adjacent to an activating group) is 1. The van der Waals surface area contributed by atoms with Crippen molar-refractivity contribution in [2.75, 3.05) is 56.6 Å². The van der Waals surface area contributed by atoms with Crippen molar-refractivity contribution in [3.63, 3.8) is 0 Å². The maximum absolute atomic E-state index is 11.8. The number of carbonyl (C=O) groups is 1. The van der Waals surface area contributed by atoms with Gasteiger partial charge >= 0.3 is 5.97 Å². The van der Waals surface area contributed by atoms with Crippen LogP contribution in [-0.2, 0) is 0 Å². The van der Waals surface area contributed by atoms with Crippen LogP contribution in [0, 0.1) is 0 Å². The minimum absolute atomic E-state index is 0.281. The van der Waals surface area contributed by atoms with E-state index in [4.69, 9.17) is 0 Å². The van der Waals surface area contributed by atoms with Crippen LogP contribution < -0.4 is 9.80 Å². The van der Waals surface area contributed by atoms with E-state index < -0.39 is 5.97 Å². The molecule has 2 heterocycles. The van der Waals surface area contributed by atoms with Gasteiger partial charge in [0.2, 0.25) is 0 Å². The van der Waals surface area contributed by atoms with Gasteiger partial charge in [0.05, 0.1) is 11.2 Å². The highest BCUT2D eigenvalue weighted by Gasteiger charge is 2.23. The molecule has 0 spiro atoms. The number of hydrogen-bond donors (Lipinski definition) is 1. The van der Waals surface area contributed by atoms with Crippen molar-refractivity contribution < 1.29 is 9.90 Å². The lowest BCUT2D eigenvalue weighted by molar-refractivity contribution is 0.0697. The first kappa shape index (κ1) is 16.5. The highest BCUT2D eigenvalue weighted by Crippen LogP contribution is 2.33. The second-order valence-electron chi connectivity index (χ2n) is 6.34. The van der Waals surface area contributed by atoms with Gasteiger partial charge in [-0.25, -0.2) is 4.79 Å². The molecule has 24 heavy (non-hydrogen) atoms. The van der Waals surface area contributed by atoms with Crippen molar-refractivity contribution >= 4 is 28.2 Å². The van der Waals surface area contributed by atoms with E-state index in [1.807, 2.05) is 37.2 Å². The zero-order valence-electron chi connectivity index (χ0n) is 14.5. The first-order valence-corrected chi connectivity index (χ1v) is 8.32. The van der Waals surface area contributed by atoms with Crippen molar-refractivity contribution in [2.24, 2.45) is 0 Å². The number of anilines is 2. The molecule has 1 aromatic heterocycles. The van der Waals surface area contributed by atoms with Gasteiger partial charge in [-0.05, 0) is 24.7 Å². The summed E-state index contributed by atoms with van der Waals surface area (Å²) in [7, 11) is 3.96. The van der Waals surface area contributed by atoms with E-state index in [1.165, 1.54) is 6.20 Å². The summed E-state index contributed by atoms with van der Waals surface area (Å²) in [5.74, 6) is -0.924. The Bertz CT molecular complexity index is 752. The average Bonchev–Trinajstić information content (AvgIpc) is 2.60. The van der Waals surface area contributed by atoms with E-state index in [2.05, 4.69) is 21.7 Å². The zero-order chi connectivity index (χ0) is 17.3. The predicted molar refractivity (Wildman–Crippen MR) is 97.4 cm³/mol. The Kier molecular flexibility index (Phi) is 4.57. The number of nitrogens with zero attached hydrogens (tertiary/aromatic N) is 4. The molecule has 128 valence electrons. The quantitative estimate of drug-likeness (QED) is 0.928. The van der Waals surface area contributed by atoms with Crippen LogP contribution in [0.15, 0.2) is 24.4 Å². The molecule has 3 rings (SSSR count). The maximum atomic E-state index is 11.8. The minimum atomic E-state index is -0.924. The van der Waals surface area contributed by atoms with Crippen molar-refractivity contribution in [3.8, 4) is 0 Å². The first-order valence-electron chi connectivity index (χ1n) is 8.32. The van der Waals surface area contributed by atoms with Gasteiger partial charge in [0.15, 0.2) is 0 Å². The van der Waals surface area contributed by atoms with Crippen LogP contribution in [0.2, 0.25) is 0 Å². The second-order valence-corrected chi connectivity index (χ2v) is 6.34. The lowest BCUT2D eigenvalue weighted by Crippen LogP contribution is -2.46. The molecule has 0 aliphatic carbocycles. The third kappa shape index (κ3) is 3.01. The fourth-order valence-corrected chi connectivity index (χ4v) is 3.23. The molecular formula is C18H24N4O2. The SMILES string of the molecule is CCN1CCN(c2c(C(=O)O)cnc3ccc(N(C)C)cc23)CC1. The number of aromatic carboxylic acids is 1. The van der Waals surface area contributed by atoms with Gasteiger partial charge in [-0.3, -0.25) is 4.98 Å². The van der Waals surface area contributed by atoms with Crippen LogP contribution in [0.4, 0.5) is 11.4 Å². The lowest BCUT2D eigenvalue weighted by Gasteiger charge is -2.36. The summed E-state index contributed by atoms with van der Waals surface area (Å²) in [6.07, 6.45) is 1.49. The second kappa shape index (κ2) is 6.65. The number of carboxylic acid groups (broad SMARTS) is 1. The summed E-state index contributed by atoms with van der Waals surface area (Å²) in [6.45, 7) is 6.75. The Balaban J connectivity index is 2.12. The largest absolute Gasteiger partial charge is 0.478 e. The number of benzene rings is 1. The molecule has 6 heteroatoms. The number of hydrogen-bond acceptors (Lipinski definition) is 5. The predicted octanol–water partition coefficient (Wildman–Crippen LogP) is 2.14. The van der Waals surface area contributed by atoms with Crippen molar-refractivity contribution in [3.05, 3.63) is 30.0 Å². The normalized spacial score (nSPS) is 15.7. The smallest absolute Gasteiger partial charge is 0.339 e. The summed E-state index contributed by atoms with van der Waals surface area (Å²) >= 11 is 0. The van der Waals surface area contributed by atoms with E-state index in [0.717, 1.165) is 55.0 Å². The van der Waals surface area contributed by atoms with Gasteiger partial charge in [-0.2, -0.15) is 0 Å². The minimum Gasteiger partial charge on any atom is -0.478 e. The van der Waals surface area contributed by atoms with Crippen LogP contribution in [0.25, 0.3) is 10.9 Å². The molecule has 2 aromatic rings. The summed E-state index contributed by atoms with van der Waals surface area (Å²) in [4.78, 5) is 22.7. The zero-order valence-corrected chi connectivity index (χ0v) is 14.5. The van der Waals surface area contributed by atoms with Gasteiger partial charge in [0.1, 0.15) is 5.56 Å². The third-order valence-electron chi connectivity index (χ3n) is 4.71. The number of pyridine rings is 1. The Morgan fingerprint density at radius 1 is 1.25 bits per heavy atom. The van der Waals surface area contributed by atoms with Gasteiger partial charge < -0.3 is 19.8 Å². The van der Waals surface area contributed by atoms with E-state index >= 15 is 0 Å². The van der Waals surface area contributed by atoms with E-state index in [1.54, 1.807) is 0 Å².